The van der Waals surface area contributed by atoms with Gasteiger partial charge >= 0.3 is 0 Å². The molecule has 1 atom stereocenters. The maximum atomic E-state index is 12.0. The summed E-state index contributed by atoms with van der Waals surface area (Å²) < 4.78 is 0. The molecule has 0 radical (unpaired) electrons. The molecular weight excluding hydrogens is 186 g/mol. The molecule has 1 heterocycles. The van der Waals surface area contributed by atoms with Crippen molar-refractivity contribution in [1.29, 1.82) is 0 Å². The summed E-state index contributed by atoms with van der Waals surface area (Å²) in [7, 11) is 0. The Morgan fingerprint density at radius 1 is 1.13 bits per heavy atom. The van der Waals surface area contributed by atoms with Gasteiger partial charge in [0.25, 0.3) is 0 Å². The van der Waals surface area contributed by atoms with Crippen molar-refractivity contribution in [1.82, 2.24) is 4.98 Å². The van der Waals surface area contributed by atoms with E-state index in [1.807, 2.05) is 55.6 Å². The van der Waals surface area contributed by atoms with Crippen molar-refractivity contribution < 1.29 is 4.79 Å². The first-order valence-electron chi connectivity index (χ1n) is 5.01. The largest absolute Gasteiger partial charge is 0.364 e. The second-order valence-corrected chi connectivity index (χ2v) is 3.58. The Kier molecular flexibility index (Phi) is 2.68. The van der Waals surface area contributed by atoms with E-state index in [1.165, 1.54) is 0 Å². The van der Waals surface area contributed by atoms with Crippen LogP contribution in [0.4, 0.5) is 0 Å². The summed E-state index contributed by atoms with van der Waals surface area (Å²) in [5.74, 6) is 0.0421. The average Bonchev–Trinajstić information content (AvgIpc) is 2.82. The van der Waals surface area contributed by atoms with Crippen molar-refractivity contribution in [2.45, 2.75) is 12.8 Å². The second-order valence-electron chi connectivity index (χ2n) is 3.58. The Bertz CT molecular complexity index is 431. The van der Waals surface area contributed by atoms with Crippen LogP contribution in [0.5, 0.6) is 0 Å². The molecular formula is C13H13NO. The smallest absolute Gasteiger partial charge is 0.171 e. The number of aromatic nitrogens is 1. The van der Waals surface area contributed by atoms with Gasteiger partial charge in [-0.3, -0.25) is 4.79 Å². The van der Waals surface area contributed by atoms with Crippen LogP contribution in [0, 0.1) is 0 Å². The minimum atomic E-state index is -0.109. The fourth-order valence-electron chi connectivity index (χ4n) is 1.61. The highest BCUT2D eigenvalue weighted by atomic mass is 16.1. The molecule has 2 nitrogen and oxygen atoms in total. The van der Waals surface area contributed by atoms with E-state index in [4.69, 9.17) is 0 Å². The third-order valence-electron chi connectivity index (χ3n) is 2.54. The van der Waals surface area contributed by atoms with E-state index < -0.39 is 0 Å². The predicted molar refractivity (Wildman–Crippen MR) is 60.0 cm³/mol. The van der Waals surface area contributed by atoms with E-state index in [0.717, 1.165) is 11.3 Å². The predicted octanol–water partition coefficient (Wildman–Crippen LogP) is 3.00. The number of rotatable bonds is 3. The lowest BCUT2D eigenvalue weighted by molar-refractivity contribution is 0.0965. The fourth-order valence-corrected chi connectivity index (χ4v) is 1.61. The Morgan fingerprint density at radius 2 is 1.87 bits per heavy atom. The zero-order valence-electron chi connectivity index (χ0n) is 8.60. The van der Waals surface area contributed by atoms with Crippen LogP contribution >= 0.6 is 0 Å². The molecule has 2 rings (SSSR count). The van der Waals surface area contributed by atoms with E-state index in [1.54, 1.807) is 0 Å². The van der Waals surface area contributed by atoms with Crippen LogP contribution in [-0.4, -0.2) is 10.8 Å². The van der Waals surface area contributed by atoms with Crippen LogP contribution in [0.2, 0.25) is 0 Å². The number of carbonyl (C=O) groups excluding carboxylic acids is 1. The molecule has 1 aromatic heterocycles. The molecule has 2 heteroatoms. The van der Waals surface area contributed by atoms with Crippen LogP contribution < -0.4 is 0 Å². The van der Waals surface area contributed by atoms with Gasteiger partial charge in [0.1, 0.15) is 0 Å². The normalized spacial score (nSPS) is 12.3. The molecule has 2 aromatic rings. The van der Waals surface area contributed by atoms with E-state index in [2.05, 4.69) is 4.98 Å². The van der Waals surface area contributed by atoms with Crippen molar-refractivity contribution in [3.8, 4) is 0 Å². The summed E-state index contributed by atoms with van der Waals surface area (Å²) in [5.41, 5.74) is 1.73. The molecule has 0 spiro atoms. The lowest BCUT2D eigenvalue weighted by Crippen LogP contribution is -2.09. The van der Waals surface area contributed by atoms with Crippen LogP contribution in [-0.2, 0) is 0 Å². The molecule has 1 N–H and O–H groups in total. The maximum absolute atomic E-state index is 12.0. The molecule has 15 heavy (non-hydrogen) atoms. The number of H-pyrrole nitrogens is 1. The third kappa shape index (κ3) is 1.99. The first-order valence-corrected chi connectivity index (χ1v) is 5.01. The number of nitrogens with one attached hydrogen (secondary N) is 1. The molecule has 0 fully saturated rings. The van der Waals surface area contributed by atoms with E-state index in [9.17, 15) is 4.79 Å². The number of carbonyl (C=O) groups is 1. The monoisotopic (exact) mass is 199 g/mol. The highest BCUT2D eigenvalue weighted by Gasteiger charge is 2.16. The first-order chi connectivity index (χ1) is 7.29. The van der Waals surface area contributed by atoms with Crippen molar-refractivity contribution in [2.24, 2.45) is 0 Å². The Morgan fingerprint density at radius 3 is 2.47 bits per heavy atom. The van der Waals surface area contributed by atoms with Crippen molar-refractivity contribution >= 4 is 5.78 Å². The van der Waals surface area contributed by atoms with E-state index >= 15 is 0 Å². The van der Waals surface area contributed by atoms with E-state index in [-0.39, 0.29) is 11.7 Å². The number of hydrogen-bond donors (Lipinski definition) is 1. The molecule has 0 aliphatic heterocycles. The Labute approximate surface area is 89.0 Å². The lowest BCUT2D eigenvalue weighted by Gasteiger charge is -2.08. The van der Waals surface area contributed by atoms with Gasteiger partial charge in [-0.15, -0.1) is 0 Å². The number of Topliss-reactive ketones (excluding diaryl/α,β-unsaturated/α-hetero) is 1. The van der Waals surface area contributed by atoms with Gasteiger partial charge in [0.15, 0.2) is 5.78 Å². The highest BCUT2D eigenvalue weighted by Crippen LogP contribution is 2.18. The van der Waals surface area contributed by atoms with Gasteiger partial charge in [-0.25, -0.2) is 0 Å². The first kappa shape index (κ1) is 9.71. The van der Waals surface area contributed by atoms with Crippen LogP contribution in [0.3, 0.4) is 0 Å². The molecule has 76 valence electrons. The summed E-state index contributed by atoms with van der Waals surface area (Å²) in [5, 5.41) is 0. The summed E-state index contributed by atoms with van der Waals surface area (Å²) in [6.45, 7) is 1.92. The molecule has 1 aromatic carbocycles. The minimum absolute atomic E-state index is 0.109. The molecule has 0 amide bonds. The molecule has 0 aliphatic carbocycles. The van der Waals surface area contributed by atoms with Gasteiger partial charge in [-0.05, 0) is 19.1 Å². The SMILES string of the molecule is CC(C(=O)c1ccccc1)c1ccc[nH]1. The number of benzene rings is 1. The van der Waals surface area contributed by atoms with Crippen molar-refractivity contribution in [3.63, 3.8) is 0 Å². The zero-order chi connectivity index (χ0) is 10.7. The van der Waals surface area contributed by atoms with Gasteiger partial charge in [-0.1, -0.05) is 30.3 Å². The van der Waals surface area contributed by atoms with Gasteiger partial charge in [0.05, 0.1) is 5.92 Å². The zero-order valence-corrected chi connectivity index (χ0v) is 8.60. The van der Waals surface area contributed by atoms with Crippen LogP contribution in [0.1, 0.15) is 28.9 Å². The standard InChI is InChI=1S/C13H13NO/c1-10(12-8-5-9-14-12)13(15)11-6-3-2-4-7-11/h2-10,14H,1H3. The Balaban J connectivity index is 2.23. The van der Waals surface area contributed by atoms with Gasteiger partial charge in [0.2, 0.25) is 0 Å². The fraction of sp³-hybridized carbons (Fsp3) is 0.154. The quantitative estimate of drug-likeness (QED) is 0.757. The number of ketones is 1. The maximum Gasteiger partial charge on any atom is 0.171 e. The van der Waals surface area contributed by atoms with Crippen molar-refractivity contribution in [2.75, 3.05) is 0 Å². The van der Waals surface area contributed by atoms with Gasteiger partial charge in [0, 0.05) is 17.5 Å². The molecule has 0 saturated carbocycles. The lowest BCUT2D eigenvalue weighted by atomic mass is 9.97. The molecule has 0 bridgehead atoms. The molecule has 1 unspecified atom stereocenters. The molecule has 0 saturated heterocycles. The van der Waals surface area contributed by atoms with Gasteiger partial charge < -0.3 is 4.98 Å². The average molecular weight is 199 g/mol. The summed E-state index contributed by atoms with van der Waals surface area (Å²) >= 11 is 0. The van der Waals surface area contributed by atoms with E-state index in [0.29, 0.717) is 0 Å². The summed E-state index contributed by atoms with van der Waals surface area (Å²) in [4.78, 5) is 15.1. The summed E-state index contributed by atoms with van der Waals surface area (Å²) in [6, 6.07) is 13.2. The van der Waals surface area contributed by atoms with Crippen LogP contribution in [0.15, 0.2) is 48.7 Å². The topological polar surface area (TPSA) is 32.9 Å². The second kappa shape index (κ2) is 4.13. The molecule has 0 aliphatic rings. The van der Waals surface area contributed by atoms with Crippen LogP contribution in [0.25, 0.3) is 0 Å². The number of hydrogen-bond acceptors (Lipinski definition) is 1. The summed E-state index contributed by atoms with van der Waals surface area (Å²) in [6.07, 6.45) is 1.84. The third-order valence-corrected chi connectivity index (χ3v) is 2.54. The number of aromatic amines is 1. The van der Waals surface area contributed by atoms with Gasteiger partial charge in [-0.2, -0.15) is 0 Å². The highest BCUT2D eigenvalue weighted by molar-refractivity contribution is 6.00. The Hall–Kier alpha value is -1.83. The van der Waals surface area contributed by atoms with Crippen molar-refractivity contribution in [3.05, 3.63) is 59.9 Å². The minimum Gasteiger partial charge on any atom is -0.364 e.